The van der Waals surface area contributed by atoms with Crippen LogP contribution in [0.3, 0.4) is 0 Å². The normalized spacial score (nSPS) is 18.0. The molecule has 0 unspecified atom stereocenters. The molecule has 2 rings (SSSR count). The van der Waals surface area contributed by atoms with Crippen LogP contribution in [0.5, 0.6) is 0 Å². The van der Waals surface area contributed by atoms with E-state index in [0.29, 0.717) is 25.9 Å². The van der Waals surface area contributed by atoms with Gasteiger partial charge < -0.3 is 30.6 Å². The van der Waals surface area contributed by atoms with Crippen molar-refractivity contribution in [1.29, 1.82) is 0 Å². The molecule has 0 spiro atoms. The van der Waals surface area contributed by atoms with Gasteiger partial charge in [0.15, 0.2) is 6.10 Å². The average Bonchev–Trinajstić information content (AvgIpc) is 3.45. The van der Waals surface area contributed by atoms with Gasteiger partial charge in [0.2, 0.25) is 11.8 Å². The number of amides is 3. The summed E-state index contributed by atoms with van der Waals surface area (Å²) in [7, 11) is 0. The third kappa shape index (κ3) is 8.95. The molecule has 3 amide bonds. The minimum Gasteiger partial charge on any atom is -0.547 e. The Bertz CT molecular complexity index is 715. The number of ether oxygens (including phenoxy) is 1. The smallest absolute Gasteiger partial charge is 0.547 e. The fourth-order valence-corrected chi connectivity index (χ4v) is 2.65. The van der Waals surface area contributed by atoms with Gasteiger partial charge >= 0.3 is 29.6 Å². The van der Waals surface area contributed by atoms with Crippen molar-refractivity contribution in [3.05, 3.63) is 35.9 Å². The van der Waals surface area contributed by atoms with Crippen LogP contribution in [0.4, 0.5) is 0 Å². The van der Waals surface area contributed by atoms with Crippen LogP contribution >= 0.6 is 0 Å². The summed E-state index contributed by atoms with van der Waals surface area (Å²) < 4.78 is 4.78. The van der Waals surface area contributed by atoms with Crippen molar-refractivity contribution in [1.82, 2.24) is 16.0 Å². The Morgan fingerprint density at radius 3 is 2.21 bits per heavy atom. The number of benzene rings is 1. The molecular weight excluding hydrogens is 389 g/mol. The van der Waals surface area contributed by atoms with Gasteiger partial charge in [-0.15, -0.1) is 0 Å². The Balaban J connectivity index is 0.00000420. The summed E-state index contributed by atoms with van der Waals surface area (Å²) in [6.07, 6.45) is -0.773. The first kappa shape index (κ1) is 25.1. The van der Waals surface area contributed by atoms with Crippen LogP contribution in [-0.2, 0) is 30.3 Å². The van der Waals surface area contributed by atoms with Crippen molar-refractivity contribution in [3.63, 3.8) is 0 Å². The summed E-state index contributed by atoms with van der Waals surface area (Å²) >= 11 is 0. The Hall–Kier alpha value is -1.94. The van der Waals surface area contributed by atoms with Gasteiger partial charge in [-0.2, -0.15) is 0 Å². The molecule has 3 atom stereocenters. The van der Waals surface area contributed by atoms with E-state index in [2.05, 4.69) is 16.0 Å². The molecule has 29 heavy (non-hydrogen) atoms. The Kier molecular flexibility index (Phi) is 10.9. The van der Waals surface area contributed by atoms with E-state index in [9.17, 15) is 24.3 Å². The van der Waals surface area contributed by atoms with Crippen LogP contribution in [0.1, 0.15) is 25.3 Å². The molecule has 0 bridgehead atoms. The molecule has 1 heterocycles. The van der Waals surface area contributed by atoms with Crippen LogP contribution < -0.4 is 50.6 Å². The maximum absolute atomic E-state index is 12.5. The maximum Gasteiger partial charge on any atom is 1.00 e. The number of carboxylic acid groups (broad SMARTS) is 1. The molecular formula is C19H24N3NaO6. The van der Waals surface area contributed by atoms with Crippen molar-refractivity contribution in [2.24, 2.45) is 0 Å². The molecule has 0 aliphatic carbocycles. The summed E-state index contributed by atoms with van der Waals surface area (Å²) in [4.78, 5) is 46.2. The number of aliphatic carboxylic acids is 1. The van der Waals surface area contributed by atoms with E-state index in [4.69, 9.17) is 4.74 Å². The maximum atomic E-state index is 12.5. The van der Waals surface area contributed by atoms with Gasteiger partial charge in [-0.1, -0.05) is 30.3 Å². The first-order valence-corrected chi connectivity index (χ1v) is 9.11. The van der Waals surface area contributed by atoms with Crippen LogP contribution in [0.25, 0.3) is 0 Å². The van der Waals surface area contributed by atoms with E-state index in [1.54, 1.807) is 0 Å². The zero-order valence-electron chi connectivity index (χ0n) is 16.6. The molecule has 10 heteroatoms. The van der Waals surface area contributed by atoms with Gasteiger partial charge in [0.1, 0.15) is 12.1 Å². The number of hydrogen-bond acceptors (Lipinski definition) is 6. The van der Waals surface area contributed by atoms with Crippen molar-refractivity contribution >= 4 is 23.7 Å². The Morgan fingerprint density at radius 1 is 1.03 bits per heavy atom. The zero-order valence-corrected chi connectivity index (χ0v) is 18.6. The van der Waals surface area contributed by atoms with Gasteiger partial charge in [-0.25, -0.2) is 0 Å². The molecule has 1 saturated heterocycles. The first-order valence-electron chi connectivity index (χ1n) is 9.11. The number of nitrogens with one attached hydrogen (secondary N) is 3. The molecule has 1 aromatic rings. The predicted octanol–water partition coefficient (Wildman–Crippen LogP) is -4.73. The molecule has 3 N–H and O–H groups in total. The van der Waals surface area contributed by atoms with Crippen molar-refractivity contribution in [2.45, 2.75) is 44.4 Å². The molecule has 1 aliphatic heterocycles. The van der Waals surface area contributed by atoms with E-state index in [0.717, 1.165) is 5.56 Å². The number of carbonyl (C=O) groups is 4. The minimum absolute atomic E-state index is 0. The van der Waals surface area contributed by atoms with Gasteiger partial charge in [0, 0.05) is 26.4 Å². The zero-order chi connectivity index (χ0) is 20.5. The van der Waals surface area contributed by atoms with Crippen LogP contribution in [0.2, 0.25) is 0 Å². The van der Waals surface area contributed by atoms with Gasteiger partial charge in [-0.05, 0) is 18.4 Å². The number of carbonyl (C=O) groups excluding carboxylic acids is 4. The van der Waals surface area contributed by atoms with E-state index in [1.165, 1.54) is 6.92 Å². The van der Waals surface area contributed by atoms with Crippen molar-refractivity contribution < 1.29 is 58.6 Å². The van der Waals surface area contributed by atoms with E-state index >= 15 is 0 Å². The SMILES string of the molecule is CC(=O)NCCCCNC(=O)[C@H](Cc1ccccc1)NC(=O)[C@H]1O[C@@H]1C(=O)[O-].[Na+]. The molecule has 1 aromatic carbocycles. The monoisotopic (exact) mass is 413 g/mol. The van der Waals surface area contributed by atoms with Crippen LogP contribution in [-0.4, -0.2) is 55.0 Å². The summed E-state index contributed by atoms with van der Waals surface area (Å²) in [5.41, 5.74) is 0.849. The summed E-state index contributed by atoms with van der Waals surface area (Å²) in [6, 6.07) is 8.29. The van der Waals surface area contributed by atoms with E-state index in [1.807, 2.05) is 30.3 Å². The standard InChI is InChI=1S/C19H25N3O6.Na/c1-12(23)20-9-5-6-10-21-17(24)14(11-13-7-3-2-4-8-13)22-18(25)15-16(28-15)19(26)27;/h2-4,7-8,14-16H,5-6,9-11H2,1H3,(H,20,23)(H,21,24)(H,22,25)(H,26,27);/q;+1/p-1/t14-,15-,16-;/m0./s1. The predicted molar refractivity (Wildman–Crippen MR) is 96.7 cm³/mol. The van der Waals surface area contributed by atoms with Crippen molar-refractivity contribution in [3.8, 4) is 0 Å². The van der Waals surface area contributed by atoms with Crippen molar-refractivity contribution in [2.75, 3.05) is 13.1 Å². The van der Waals surface area contributed by atoms with Gasteiger partial charge in [0.25, 0.3) is 5.91 Å². The number of hydrogen-bond donors (Lipinski definition) is 3. The Morgan fingerprint density at radius 2 is 1.66 bits per heavy atom. The number of rotatable bonds is 11. The average molecular weight is 413 g/mol. The molecule has 9 nitrogen and oxygen atoms in total. The number of unbranched alkanes of at least 4 members (excludes halogenated alkanes) is 1. The third-order valence-electron chi connectivity index (χ3n) is 4.17. The van der Waals surface area contributed by atoms with E-state index in [-0.39, 0.29) is 47.8 Å². The van der Waals surface area contributed by atoms with Gasteiger partial charge in [0.05, 0.1) is 5.97 Å². The van der Waals surface area contributed by atoms with Crippen LogP contribution in [0.15, 0.2) is 30.3 Å². The Labute approximate surface area is 191 Å². The molecule has 0 radical (unpaired) electrons. The minimum atomic E-state index is -1.46. The second-order valence-electron chi connectivity index (χ2n) is 6.53. The molecule has 0 aromatic heterocycles. The van der Waals surface area contributed by atoms with E-state index < -0.39 is 30.1 Å². The quantitative estimate of drug-likeness (QED) is 0.189. The molecule has 1 aliphatic rings. The second kappa shape index (κ2) is 12.6. The van der Waals surface area contributed by atoms with Gasteiger partial charge in [-0.3, -0.25) is 14.4 Å². The third-order valence-corrected chi connectivity index (χ3v) is 4.17. The largest absolute Gasteiger partial charge is 1.00 e. The number of carboxylic acids is 1. The number of epoxide rings is 1. The fraction of sp³-hybridized carbons (Fsp3) is 0.474. The summed E-state index contributed by atoms with van der Waals surface area (Å²) in [5.74, 6) is -2.59. The molecule has 1 fully saturated rings. The van der Waals surface area contributed by atoms with Crippen LogP contribution in [0, 0.1) is 0 Å². The fourth-order valence-electron chi connectivity index (χ4n) is 2.65. The molecule has 152 valence electrons. The summed E-state index contributed by atoms with van der Waals surface area (Å²) in [5, 5.41) is 18.7. The first-order chi connectivity index (χ1) is 13.4. The summed E-state index contributed by atoms with van der Waals surface area (Å²) in [6.45, 7) is 2.35. The molecule has 0 saturated carbocycles. The topological polar surface area (TPSA) is 140 Å². The second-order valence-corrected chi connectivity index (χ2v) is 6.53.